The Morgan fingerprint density at radius 3 is 1.71 bits per heavy atom. The minimum atomic E-state index is -0.0168. The monoisotopic (exact) mass is 316 g/mol. The first-order chi connectivity index (χ1) is 11.7. The molecule has 3 aromatic carbocycles. The summed E-state index contributed by atoms with van der Waals surface area (Å²) in [5.41, 5.74) is 3.00. The maximum atomic E-state index is 12.4. The van der Waals surface area contributed by atoms with E-state index >= 15 is 0 Å². The summed E-state index contributed by atoms with van der Waals surface area (Å²) in [4.78, 5) is 23.1. The van der Waals surface area contributed by atoms with Crippen LogP contribution in [0.5, 0.6) is 11.5 Å². The molecule has 3 aromatic rings. The van der Waals surface area contributed by atoms with Crippen molar-refractivity contribution < 1.29 is 14.3 Å². The number of carbonyl (C=O) groups is 2. The molecule has 118 valence electrons. The van der Waals surface area contributed by atoms with Crippen LogP contribution in [0.3, 0.4) is 0 Å². The van der Waals surface area contributed by atoms with Gasteiger partial charge in [0, 0.05) is 16.7 Å². The molecule has 0 aliphatic rings. The van der Waals surface area contributed by atoms with Gasteiger partial charge in [-0.15, -0.1) is 0 Å². The highest BCUT2D eigenvalue weighted by Crippen LogP contribution is 2.22. The van der Waals surface area contributed by atoms with E-state index in [-0.39, 0.29) is 5.78 Å². The van der Waals surface area contributed by atoms with Gasteiger partial charge in [-0.3, -0.25) is 9.59 Å². The molecule has 0 saturated carbocycles. The van der Waals surface area contributed by atoms with E-state index in [9.17, 15) is 9.59 Å². The van der Waals surface area contributed by atoms with Gasteiger partial charge in [0.05, 0.1) is 0 Å². The van der Waals surface area contributed by atoms with Crippen LogP contribution in [0.1, 0.15) is 31.8 Å². The van der Waals surface area contributed by atoms with Gasteiger partial charge in [0.15, 0.2) is 5.78 Å². The van der Waals surface area contributed by atoms with Crippen molar-refractivity contribution in [2.24, 2.45) is 0 Å². The normalized spacial score (nSPS) is 10.2. The quantitative estimate of drug-likeness (QED) is 0.500. The molecule has 0 unspecified atom stereocenters. The lowest BCUT2D eigenvalue weighted by Crippen LogP contribution is -2.00. The first-order valence-electron chi connectivity index (χ1n) is 7.60. The summed E-state index contributed by atoms with van der Waals surface area (Å²) in [7, 11) is 0. The van der Waals surface area contributed by atoms with Gasteiger partial charge in [0.2, 0.25) is 0 Å². The van der Waals surface area contributed by atoms with Gasteiger partial charge in [-0.25, -0.2) is 0 Å². The van der Waals surface area contributed by atoms with Crippen LogP contribution in [0.25, 0.3) is 0 Å². The van der Waals surface area contributed by atoms with E-state index in [1.165, 1.54) is 0 Å². The van der Waals surface area contributed by atoms with E-state index in [1.54, 1.807) is 48.5 Å². The Hall–Kier alpha value is -3.20. The van der Waals surface area contributed by atoms with Crippen molar-refractivity contribution in [1.82, 2.24) is 0 Å². The molecule has 0 aliphatic carbocycles. The number of hydrogen-bond donors (Lipinski definition) is 0. The number of aryl methyl sites for hydroxylation is 1. The van der Waals surface area contributed by atoms with Gasteiger partial charge >= 0.3 is 0 Å². The number of carbonyl (C=O) groups excluding carboxylic acids is 2. The zero-order chi connectivity index (χ0) is 16.9. The van der Waals surface area contributed by atoms with Crippen LogP contribution < -0.4 is 4.74 Å². The molecule has 0 amide bonds. The van der Waals surface area contributed by atoms with Gasteiger partial charge in [-0.2, -0.15) is 0 Å². The maximum Gasteiger partial charge on any atom is 0.193 e. The molecular formula is C21H16O3. The van der Waals surface area contributed by atoms with Crippen molar-refractivity contribution in [3.8, 4) is 11.5 Å². The van der Waals surface area contributed by atoms with Crippen molar-refractivity contribution in [3.63, 3.8) is 0 Å². The predicted octanol–water partition coefficient (Wildman–Crippen LogP) is 4.83. The van der Waals surface area contributed by atoms with Crippen LogP contribution in [0.4, 0.5) is 0 Å². The van der Waals surface area contributed by atoms with Crippen molar-refractivity contribution >= 4 is 12.1 Å². The molecule has 0 saturated heterocycles. The number of rotatable bonds is 5. The Kier molecular flexibility index (Phi) is 4.52. The molecule has 0 aromatic heterocycles. The molecule has 3 rings (SSSR count). The molecule has 0 bridgehead atoms. The van der Waals surface area contributed by atoms with Crippen LogP contribution in [-0.2, 0) is 0 Å². The highest BCUT2D eigenvalue weighted by molar-refractivity contribution is 6.09. The van der Waals surface area contributed by atoms with Gasteiger partial charge in [-0.1, -0.05) is 29.8 Å². The number of ketones is 1. The lowest BCUT2D eigenvalue weighted by atomic mass is 10.0. The fraction of sp³-hybridized carbons (Fsp3) is 0.0476. The number of ether oxygens (including phenoxy) is 1. The molecule has 0 spiro atoms. The molecule has 0 N–H and O–H groups in total. The average Bonchev–Trinajstić information content (AvgIpc) is 2.63. The van der Waals surface area contributed by atoms with Crippen LogP contribution in [0.15, 0.2) is 72.8 Å². The van der Waals surface area contributed by atoms with E-state index in [2.05, 4.69) is 0 Å². The summed E-state index contributed by atoms with van der Waals surface area (Å²) in [6.07, 6.45) is 0.787. The van der Waals surface area contributed by atoms with Crippen molar-refractivity contribution in [2.75, 3.05) is 0 Å². The zero-order valence-corrected chi connectivity index (χ0v) is 13.2. The summed E-state index contributed by atoms with van der Waals surface area (Å²) in [6.45, 7) is 1.99. The highest BCUT2D eigenvalue weighted by atomic mass is 16.5. The molecule has 0 aliphatic heterocycles. The van der Waals surface area contributed by atoms with E-state index in [0.717, 1.165) is 11.8 Å². The number of hydrogen-bond acceptors (Lipinski definition) is 3. The fourth-order valence-corrected chi connectivity index (χ4v) is 2.30. The zero-order valence-electron chi connectivity index (χ0n) is 13.2. The largest absolute Gasteiger partial charge is 0.457 e. The molecule has 3 nitrogen and oxygen atoms in total. The van der Waals surface area contributed by atoms with Gasteiger partial charge in [0.1, 0.15) is 17.8 Å². The molecule has 3 heteroatoms. The van der Waals surface area contributed by atoms with Crippen LogP contribution in [-0.4, -0.2) is 12.1 Å². The molecule has 0 heterocycles. The molecule has 0 fully saturated rings. The van der Waals surface area contributed by atoms with Gasteiger partial charge in [0.25, 0.3) is 0 Å². The average molecular weight is 316 g/mol. The van der Waals surface area contributed by atoms with E-state index in [1.807, 2.05) is 31.2 Å². The maximum absolute atomic E-state index is 12.4. The van der Waals surface area contributed by atoms with E-state index in [4.69, 9.17) is 4.74 Å². The highest BCUT2D eigenvalue weighted by Gasteiger charge is 2.09. The summed E-state index contributed by atoms with van der Waals surface area (Å²) < 4.78 is 5.71. The van der Waals surface area contributed by atoms with E-state index < -0.39 is 0 Å². The van der Waals surface area contributed by atoms with Crippen molar-refractivity contribution in [3.05, 3.63) is 95.1 Å². The molecular weight excluding hydrogens is 300 g/mol. The van der Waals surface area contributed by atoms with Crippen LogP contribution in [0, 0.1) is 6.92 Å². The minimum absolute atomic E-state index is 0.0168. The lowest BCUT2D eigenvalue weighted by Gasteiger charge is -2.07. The smallest absolute Gasteiger partial charge is 0.193 e. The first-order valence-corrected chi connectivity index (χ1v) is 7.60. The van der Waals surface area contributed by atoms with Crippen molar-refractivity contribution in [2.45, 2.75) is 6.92 Å². The second kappa shape index (κ2) is 6.92. The third-order valence-electron chi connectivity index (χ3n) is 3.68. The molecule has 0 radical (unpaired) electrons. The SMILES string of the molecule is Cc1ccc(C(=O)c2ccc(Oc3ccc(C=O)cc3)cc2)cc1. The second-order valence-electron chi connectivity index (χ2n) is 5.51. The van der Waals surface area contributed by atoms with Gasteiger partial charge in [-0.05, 0) is 55.5 Å². The standard InChI is InChI=1S/C21H16O3/c1-15-2-6-17(7-3-15)21(23)18-8-12-20(13-9-18)24-19-10-4-16(14-22)5-11-19/h2-14H,1H3. The summed E-state index contributed by atoms with van der Waals surface area (Å²) >= 11 is 0. The van der Waals surface area contributed by atoms with E-state index in [0.29, 0.717) is 28.2 Å². The Morgan fingerprint density at radius 2 is 1.21 bits per heavy atom. The molecule has 24 heavy (non-hydrogen) atoms. The Bertz CT molecular complexity index is 845. The fourth-order valence-electron chi connectivity index (χ4n) is 2.30. The van der Waals surface area contributed by atoms with Crippen LogP contribution in [0.2, 0.25) is 0 Å². The van der Waals surface area contributed by atoms with Gasteiger partial charge < -0.3 is 4.74 Å². The second-order valence-corrected chi connectivity index (χ2v) is 5.51. The summed E-state index contributed by atoms with van der Waals surface area (Å²) in [6, 6.07) is 21.4. The molecule has 0 atom stereocenters. The minimum Gasteiger partial charge on any atom is -0.457 e. The predicted molar refractivity (Wildman–Crippen MR) is 93.0 cm³/mol. The lowest BCUT2D eigenvalue weighted by molar-refractivity contribution is 0.103. The number of aldehydes is 1. The third-order valence-corrected chi connectivity index (χ3v) is 3.68. The Balaban J connectivity index is 1.73. The summed E-state index contributed by atoms with van der Waals surface area (Å²) in [5.74, 6) is 1.25. The first kappa shape index (κ1) is 15.7. The Morgan fingerprint density at radius 1 is 0.750 bits per heavy atom. The summed E-state index contributed by atoms with van der Waals surface area (Å²) in [5, 5.41) is 0. The Labute approximate surface area is 140 Å². The number of benzene rings is 3. The topological polar surface area (TPSA) is 43.4 Å². The van der Waals surface area contributed by atoms with Crippen molar-refractivity contribution in [1.29, 1.82) is 0 Å². The third kappa shape index (κ3) is 3.58. The van der Waals surface area contributed by atoms with Crippen LogP contribution >= 0.6 is 0 Å².